The summed E-state index contributed by atoms with van der Waals surface area (Å²) in [7, 11) is -0.966. The number of rotatable bonds is 5. The maximum Gasteiger partial charge on any atom is 0.455 e. The number of hydrogen-bond donors (Lipinski definition) is 2. The monoisotopic (exact) mass is 484 g/mol. The van der Waals surface area contributed by atoms with Crippen LogP contribution in [-0.4, -0.2) is 34.9 Å². The smallest absolute Gasteiger partial charge is 0.455 e. The third-order valence-electron chi connectivity index (χ3n) is 8.08. The Labute approximate surface area is 213 Å². The highest BCUT2D eigenvalue weighted by Gasteiger charge is 2.53. The molecule has 2 aliphatic carbocycles. The van der Waals surface area contributed by atoms with Crippen LogP contribution >= 0.6 is 0 Å². The summed E-state index contributed by atoms with van der Waals surface area (Å²) in [6.07, 6.45) is 4.08. The van der Waals surface area contributed by atoms with Gasteiger partial charge in [0.15, 0.2) is 11.6 Å². The maximum absolute atomic E-state index is 13.7. The summed E-state index contributed by atoms with van der Waals surface area (Å²) < 4.78 is 6.10. The lowest BCUT2D eigenvalue weighted by molar-refractivity contribution is 0.0593. The number of hydrogen-bond acceptors (Lipinski definition) is 5. The van der Waals surface area contributed by atoms with Crippen molar-refractivity contribution in [2.75, 3.05) is 0 Å². The van der Waals surface area contributed by atoms with E-state index in [-0.39, 0.29) is 41.2 Å². The number of ketones is 2. The van der Waals surface area contributed by atoms with Crippen molar-refractivity contribution in [1.82, 2.24) is 0 Å². The molecule has 5 rings (SSSR count). The normalized spacial score (nSPS) is 26.1. The van der Waals surface area contributed by atoms with Gasteiger partial charge < -0.3 is 14.8 Å². The summed E-state index contributed by atoms with van der Waals surface area (Å²) in [5, 5.41) is 20.5. The Morgan fingerprint density at radius 1 is 1.08 bits per heavy atom. The second-order valence-electron chi connectivity index (χ2n) is 10.8. The van der Waals surface area contributed by atoms with Crippen molar-refractivity contribution in [2.24, 2.45) is 23.7 Å². The molecule has 1 aliphatic heterocycles. The number of phenolic OH excluding ortho intramolecular Hbond substituents is 1. The summed E-state index contributed by atoms with van der Waals surface area (Å²) in [5.41, 5.74) is 5.45. The van der Waals surface area contributed by atoms with Gasteiger partial charge in [0.2, 0.25) is 0 Å². The molecule has 2 aromatic rings. The second-order valence-corrected chi connectivity index (χ2v) is 10.8. The topological polar surface area (TPSA) is 83.8 Å². The number of allylic oxidation sites excluding steroid dienone is 2. The van der Waals surface area contributed by atoms with Gasteiger partial charge in [-0.05, 0) is 67.6 Å². The minimum Gasteiger partial charge on any atom is -0.508 e. The van der Waals surface area contributed by atoms with Crippen molar-refractivity contribution in [3.63, 3.8) is 0 Å². The fourth-order valence-corrected chi connectivity index (χ4v) is 6.48. The van der Waals surface area contributed by atoms with Gasteiger partial charge >= 0.3 is 7.12 Å². The largest absolute Gasteiger partial charge is 0.508 e. The molecule has 5 nitrogen and oxygen atoms in total. The molecule has 186 valence electrons. The highest BCUT2D eigenvalue weighted by atomic mass is 16.5. The minimum absolute atomic E-state index is 0.0216. The zero-order valence-electron chi connectivity index (χ0n) is 21.1. The van der Waals surface area contributed by atoms with Gasteiger partial charge in [0.05, 0.1) is 6.10 Å². The standard InChI is InChI=1S/C30H33BO5/c1-17(2)23-15-24-28(30(34)22-10-5-4-9-21(22)29(24)33)25-16-31(35)36-26(27(23)25)12-11-18(3)13-19-7-6-8-20(32)14-19/h4-10,13-14,17,24-26,28,32,35H,11-12,15-16H2,1-3H3/b18-13+/t24-,25+,26-,28-/m1/s1. The van der Waals surface area contributed by atoms with Crippen LogP contribution in [0.5, 0.6) is 5.75 Å². The van der Waals surface area contributed by atoms with Gasteiger partial charge in [-0.3, -0.25) is 9.59 Å². The average Bonchev–Trinajstić information content (AvgIpc) is 2.84. The van der Waals surface area contributed by atoms with Gasteiger partial charge in [0.25, 0.3) is 0 Å². The number of Topliss-reactive ketones (excluding diaryl/α,β-unsaturated/α-hetero) is 2. The molecule has 3 aliphatic rings. The molecule has 0 saturated carbocycles. The van der Waals surface area contributed by atoms with E-state index in [1.54, 1.807) is 24.3 Å². The highest BCUT2D eigenvalue weighted by molar-refractivity contribution is 6.43. The van der Waals surface area contributed by atoms with Crippen LogP contribution in [0.25, 0.3) is 6.08 Å². The molecule has 1 saturated heterocycles. The van der Waals surface area contributed by atoms with Gasteiger partial charge in [-0.1, -0.05) is 67.5 Å². The SMILES string of the molecule is C/C(=C\c1cccc(O)c1)CC[C@H]1OB(O)C[C@H]2C1=C(C(C)C)C[C@H]1C(=O)c3ccccc3C(=O)[C@H]12. The van der Waals surface area contributed by atoms with Crippen LogP contribution in [0, 0.1) is 23.7 Å². The molecule has 0 unspecified atom stereocenters. The van der Waals surface area contributed by atoms with E-state index in [1.807, 2.05) is 30.3 Å². The van der Waals surface area contributed by atoms with Crippen LogP contribution in [0.15, 0.2) is 65.3 Å². The molecule has 36 heavy (non-hydrogen) atoms. The summed E-state index contributed by atoms with van der Waals surface area (Å²) in [6, 6.07) is 14.3. The molecule has 2 aromatic carbocycles. The number of phenols is 1. The molecule has 1 fully saturated rings. The third kappa shape index (κ3) is 4.49. The lowest BCUT2D eigenvalue weighted by Gasteiger charge is -2.48. The predicted molar refractivity (Wildman–Crippen MR) is 141 cm³/mol. The first kappa shape index (κ1) is 24.7. The Kier molecular flexibility index (Phi) is 6.75. The molecular formula is C30H33BO5. The van der Waals surface area contributed by atoms with Gasteiger partial charge in [-0.15, -0.1) is 0 Å². The zero-order valence-corrected chi connectivity index (χ0v) is 21.1. The number of benzene rings is 2. The Morgan fingerprint density at radius 2 is 1.81 bits per heavy atom. The van der Waals surface area contributed by atoms with E-state index in [0.717, 1.165) is 23.1 Å². The molecule has 6 heteroatoms. The number of carbonyl (C=O) groups excluding carboxylic acids is 2. The Bertz CT molecular complexity index is 1260. The first-order valence-electron chi connectivity index (χ1n) is 12.9. The van der Waals surface area contributed by atoms with Gasteiger partial charge in [-0.2, -0.15) is 0 Å². The van der Waals surface area contributed by atoms with Gasteiger partial charge in [0, 0.05) is 23.0 Å². The second kappa shape index (κ2) is 9.83. The van der Waals surface area contributed by atoms with Gasteiger partial charge in [0.1, 0.15) is 5.75 Å². The molecule has 0 spiro atoms. The first-order valence-corrected chi connectivity index (χ1v) is 12.9. The third-order valence-corrected chi connectivity index (χ3v) is 8.08. The van der Waals surface area contributed by atoms with E-state index in [2.05, 4.69) is 20.8 Å². The molecule has 1 heterocycles. The Hall–Kier alpha value is -2.96. The average molecular weight is 484 g/mol. The number of aromatic hydroxyl groups is 1. The van der Waals surface area contributed by atoms with Crippen LogP contribution < -0.4 is 0 Å². The number of carbonyl (C=O) groups is 2. The van der Waals surface area contributed by atoms with Crippen molar-refractivity contribution in [2.45, 2.75) is 52.5 Å². The van der Waals surface area contributed by atoms with Crippen molar-refractivity contribution in [3.05, 3.63) is 81.9 Å². The fourth-order valence-electron chi connectivity index (χ4n) is 6.48. The summed E-state index contributed by atoms with van der Waals surface area (Å²) in [6.45, 7) is 6.32. The van der Waals surface area contributed by atoms with Crippen molar-refractivity contribution >= 4 is 24.8 Å². The molecule has 4 atom stereocenters. The Balaban J connectivity index is 1.47. The highest BCUT2D eigenvalue weighted by Crippen LogP contribution is 2.52. The van der Waals surface area contributed by atoms with Crippen molar-refractivity contribution in [3.8, 4) is 5.75 Å². The lowest BCUT2D eigenvalue weighted by atomic mass is 9.53. The van der Waals surface area contributed by atoms with Crippen LogP contribution in [-0.2, 0) is 4.65 Å². The molecule has 0 radical (unpaired) electrons. The van der Waals surface area contributed by atoms with Crippen molar-refractivity contribution < 1.29 is 24.4 Å². The summed E-state index contributed by atoms with van der Waals surface area (Å²) >= 11 is 0. The quantitative estimate of drug-likeness (QED) is 0.418. The predicted octanol–water partition coefficient (Wildman–Crippen LogP) is 5.74. The van der Waals surface area contributed by atoms with Crippen LogP contribution in [0.4, 0.5) is 0 Å². The first-order chi connectivity index (χ1) is 17.2. The number of fused-ring (bicyclic) bond motifs is 4. The van der Waals surface area contributed by atoms with Crippen molar-refractivity contribution in [1.29, 1.82) is 0 Å². The van der Waals surface area contributed by atoms with Crippen LogP contribution in [0.3, 0.4) is 0 Å². The van der Waals surface area contributed by atoms with E-state index >= 15 is 0 Å². The molecule has 2 N–H and O–H groups in total. The maximum atomic E-state index is 13.7. The van der Waals surface area contributed by atoms with E-state index in [9.17, 15) is 19.7 Å². The lowest BCUT2D eigenvalue weighted by Crippen LogP contribution is -2.51. The molecular weight excluding hydrogens is 451 g/mol. The summed E-state index contributed by atoms with van der Waals surface area (Å²) in [5.74, 6) is -0.506. The Morgan fingerprint density at radius 3 is 2.50 bits per heavy atom. The minimum atomic E-state index is -0.966. The van der Waals surface area contributed by atoms with E-state index < -0.39 is 13.0 Å². The van der Waals surface area contributed by atoms with E-state index in [0.29, 0.717) is 30.3 Å². The van der Waals surface area contributed by atoms with E-state index in [1.165, 1.54) is 5.57 Å². The molecule has 0 aromatic heterocycles. The molecule has 0 bridgehead atoms. The fraction of sp³-hybridized carbons (Fsp3) is 0.400. The van der Waals surface area contributed by atoms with Crippen LogP contribution in [0.1, 0.15) is 66.3 Å². The summed E-state index contributed by atoms with van der Waals surface area (Å²) in [4.78, 5) is 27.2. The zero-order chi connectivity index (χ0) is 25.6. The molecule has 0 amide bonds. The van der Waals surface area contributed by atoms with E-state index in [4.69, 9.17) is 4.65 Å². The van der Waals surface area contributed by atoms with Crippen LogP contribution in [0.2, 0.25) is 6.32 Å². The van der Waals surface area contributed by atoms with Gasteiger partial charge in [-0.25, -0.2) is 0 Å².